The van der Waals surface area contributed by atoms with Gasteiger partial charge in [0, 0.05) is 41.8 Å². The molecule has 280 valence electrons. The first-order valence-corrected chi connectivity index (χ1v) is 18.7. The van der Waals surface area contributed by atoms with Gasteiger partial charge in [-0.05, 0) is 102 Å². The molecule has 4 aliphatic rings. The third-order valence-corrected chi connectivity index (χ3v) is 13.4. The van der Waals surface area contributed by atoms with Crippen molar-refractivity contribution in [3.8, 4) is 0 Å². The summed E-state index contributed by atoms with van der Waals surface area (Å²) in [6.07, 6.45) is 7.05. The third-order valence-electron chi connectivity index (χ3n) is 13.4. The Morgan fingerprint density at radius 1 is 1.06 bits per heavy atom. The molecule has 4 aliphatic carbocycles. The highest BCUT2D eigenvalue weighted by Crippen LogP contribution is 2.68. The fourth-order valence-electron chi connectivity index (χ4n) is 10.7. The molecule has 3 saturated carbocycles. The Hall–Kier alpha value is -4.45. The number of allylic oxidation sites excluding steroid dienone is 1. The van der Waals surface area contributed by atoms with Crippen molar-refractivity contribution >= 4 is 40.1 Å². The van der Waals surface area contributed by atoms with Crippen LogP contribution in [0.25, 0.3) is 10.8 Å². The zero-order valence-corrected chi connectivity index (χ0v) is 30.5. The smallest absolute Gasteiger partial charge is 0.429 e. The molecular formula is C42H49N3O8. The number of aliphatic hydroxyl groups excluding tert-OH is 1. The molecule has 0 bridgehead atoms. The predicted molar refractivity (Wildman–Crippen MR) is 197 cm³/mol. The van der Waals surface area contributed by atoms with Crippen LogP contribution in [0.2, 0.25) is 0 Å². The van der Waals surface area contributed by atoms with Crippen LogP contribution in [0.4, 0.5) is 10.5 Å². The summed E-state index contributed by atoms with van der Waals surface area (Å²) < 4.78 is 10.6. The number of nitrogens with one attached hydrogen (secondary N) is 1. The largest absolute Gasteiger partial charge is 0.509 e. The number of aliphatic hydroxyl groups is 2. The Labute approximate surface area is 309 Å². The lowest BCUT2D eigenvalue weighted by atomic mass is 9.45. The highest BCUT2D eigenvalue weighted by molar-refractivity contribution is 5.98. The standard InChI is InChI=1S/C42H49N3O8/c1-24-16-34-32-11-9-29-18-31(46)12-14-40(29,2)37(32)35(47)19-41(34,3)42(24,51)36(48)23-53-39(50)52-22-25-4-6-26(7-5-25)33(20-43)38(49)45-30-10-8-28-21-44-15-13-27(28)17-30/h4-8,10,13,15,17-18,21,24,32-35,37,47,51H,9,11-12,14,16,19-20,22-23,43H2,1-3H3,(H,45,49)/t24-,32+,33-,34+,35+,37-,40+,41+,42+/m1/s1. The summed E-state index contributed by atoms with van der Waals surface area (Å²) in [4.78, 5) is 56.0. The Bertz CT molecular complexity index is 1960. The number of nitrogens with zero attached hydrogens (tertiary/aromatic N) is 1. The van der Waals surface area contributed by atoms with E-state index in [2.05, 4.69) is 17.2 Å². The molecular weight excluding hydrogens is 674 g/mol. The van der Waals surface area contributed by atoms with Gasteiger partial charge in [-0.25, -0.2) is 4.79 Å². The van der Waals surface area contributed by atoms with E-state index < -0.39 is 47.5 Å². The van der Waals surface area contributed by atoms with Gasteiger partial charge in [0.25, 0.3) is 0 Å². The summed E-state index contributed by atoms with van der Waals surface area (Å²) in [6.45, 7) is 5.23. The normalized spacial score (nSPS) is 32.5. The fraction of sp³-hybridized carbons (Fsp3) is 0.500. The molecule has 3 fully saturated rings. The van der Waals surface area contributed by atoms with Gasteiger partial charge < -0.3 is 30.7 Å². The monoisotopic (exact) mass is 723 g/mol. The van der Waals surface area contributed by atoms with E-state index in [0.29, 0.717) is 36.1 Å². The van der Waals surface area contributed by atoms with E-state index in [9.17, 15) is 29.4 Å². The molecule has 11 heteroatoms. The predicted octanol–water partition coefficient (Wildman–Crippen LogP) is 5.62. The van der Waals surface area contributed by atoms with Crippen LogP contribution in [-0.2, 0) is 30.5 Å². The summed E-state index contributed by atoms with van der Waals surface area (Å²) in [5.41, 5.74) is 6.12. The third kappa shape index (κ3) is 6.36. The average molecular weight is 724 g/mol. The highest BCUT2D eigenvalue weighted by Gasteiger charge is 2.70. The van der Waals surface area contributed by atoms with E-state index in [1.807, 2.05) is 38.1 Å². The first-order valence-electron chi connectivity index (χ1n) is 18.7. The molecule has 0 spiro atoms. The number of amides is 1. The van der Waals surface area contributed by atoms with E-state index >= 15 is 0 Å². The number of carbonyl (C=O) groups is 4. The first kappa shape index (κ1) is 36.9. The van der Waals surface area contributed by atoms with Crippen LogP contribution >= 0.6 is 0 Å². The van der Waals surface area contributed by atoms with Crippen molar-refractivity contribution in [2.24, 2.45) is 40.2 Å². The molecule has 7 rings (SSSR count). The van der Waals surface area contributed by atoms with Crippen LogP contribution in [0, 0.1) is 34.5 Å². The number of carbonyl (C=O) groups excluding carboxylic acids is 4. The Kier molecular flexibility index (Phi) is 9.80. The zero-order chi connectivity index (χ0) is 37.7. The number of rotatable bonds is 9. The van der Waals surface area contributed by atoms with Crippen molar-refractivity contribution in [2.45, 2.75) is 83.5 Å². The van der Waals surface area contributed by atoms with E-state index in [-0.39, 0.29) is 54.4 Å². The fourth-order valence-corrected chi connectivity index (χ4v) is 10.7. The minimum absolute atomic E-state index is 0.00725. The molecule has 0 unspecified atom stereocenters. The van der Waals surface area contributed by atoms with Crippen molar-refractivity contribution in [2.75, 3.05) is 18.5 Å². The average Bonchev–Trinajstić information content (AvgIpc) is 3.35. The summed E-state index contributed by atoms with van der Waals surface area (Å²) in [6, 6.07) is 14.4. The van der Waals surface area contributed by atoms with E-state index in [1.54, 1.807) is 42.7 Å². The number of nitrogens with two attached hydrogens (primary N) is 1. The van der Waals surface area contributed by atoms with Gasteiger partial charge in [-0.15, -0.1) is 0 Å². The van der Waals surface area contributed by atoms with Gasteiger partial charge in [0.1, 0.15) is 12.2 Å². The van der Waals surface area contributed by atoms with Crippen LogP contribution < -0.4 is 11.1 Å². The maximum atomic E-state index is 13.8. The van der Waals surface area contributed by atoms with Gasteiger partial charge in [0.15, 0.2) is 12.4 Å². The molecule has 0 radical (unpaired) electrons. The lowest BCUT2D eigenvalue weighted by Gasteiger charge is -2.60. The molecule has 0 aliphatic heterocycles. The molecule has 9 atom stereocenters. The Morgan fingerprint density at radius 2 is 1.83 bits per heavy atom. The molecule has 53 heavy (non-hydrogen) atoms. The summed E-state index contributed by atoms with van der Waals surface area (Å²) in [5, 5.41) is 28.8. The number of anilines is 1. The van der Waals surface area contributed by atoms with Crippen molar-refractivity contribution in [1.82, 2.24) is 4.98 Å². The lowest BCUT2D eigenvalue weighted by molar-refractivity contribution is -0.187. The second-order valence-electron chi connectivity index (χ2n) is 16.2. The maximum absolute atomic E-state index is 13.8. The van der Waals surface area contributed by atoms with Crippen molar-refractivity contribution in [3.63, 3.8) is 0 Å². The molecule has 1 amide bonds. The summed E-state index contributed by atoms with van der Waals surface area (Å²) in [5.74, 6) is -1.68. The van der Waals surface area contributed by atoms with E-state index in [4.69, 9.17) is 15.2 Å². The Balaban J connectivity index is 0.941. The first-order chi connectivity index (χ1) is 25.3. The maximum Gasteiger partial charge on any atom is 0.509 e. The molecule has 0 saturated heterocycles. The number of ether oxygens (including phenoxy) is 2. The van der Waals surface area contributed by atoms with Crippen LogP contribution in [-0.4, -0.2) is 63.7 Å². The zero-order valence-electron chi connectivity index (χ0n) is 30.5. The van der Waals surface area contributed by atoms with Gasteiger partial charge in [0.05, 0.1) is 12.0 Å². The summed E-state index contributed by atoms with van der Waals surface area (Å²) in [7, 11) is 0. The minimum Gasteiger partial charge on any atom is -0.429 e. The number of ketones is 2. The van der Waals surface area contributed by atoms with Crippen LogP contribution in [0.3, 0.4) is 0 Å². The molecule has 3 aromatic rings. The molecule has 1 aromatic heterocycles. The highest BCUT2D eigenvalue weighted by atomic mass is 16.7. The minimum atomic E-state index is -1.79. The second-order valence-corrected chi connectivity index (χ2v) is 16.2. The number of hydrogen-bond donors (Lipinski definition) is 4. The van der Waals surface area contributed by atoms with Gasteiger partial charge in [-0.3, -0.25) is 19.4 Å². The molecule has 5 N–H and O–H groups in total. The van der Waals surface area contributed by atoms with Crippen molar-refractivity contribution < 1.29 is 38.9 Å². The van der Waals surface area contributed by atoms with Gasteiger partial charge in [-0.2, -0.15) is 0 Å². The topological polar surface area (TPSA) is 178 Å². The quantitative estimate of drug-likeness (QED) is 0.203. The number of hydrogen-bond acceptors (Lipinski definition) is 10. The van der Waals surface area contributed by atoms with Crippen LogP contribution in [0.5, 0.6) is 0 Å². The van der Waals surface area contributed by atoms with E-state index in [1.165, 1.54) is 0 Å². The molecule has 2 aromatic carbocycles. The number of aromatic nitrogens is 1. The second kappa shape index (κ2) is 14.1. The van der Waals surface area contributed by atoms with Gasteiger partial charge in [-0.1, -0.05) is 56.7 Å². The molecule has 1 heterocycles. The number of Topliss-reactive ketones (excluding diaryl/α,β-unsaturated/α-hetero) is 1. The van der Waals surface area contributed by atoms with E-state index in [0.717, 1.165) is 29.2 Å². The number of fused-ring (bicyclic) bond motifs is 6. The number of pyridine rings is 1. The Morgan fingerprint density at radius 3 is 2.58 bits per heavy atom. The van der Waals surface area contributed by atoms with Gasteiger partial charge in [0.2, 0.25) is 11.7 Å². The lowest BCUT2D eigenvalue weighted by Crippen LogP contribution is -2.63. The van der Waals surface area contributed by atoms with Crippen LogP contribution in [0.1, 0.15) is 76.3 Å². The van der Waals surface area contributed by atoms with Crippen molar-refractivity contribution in [3.05, 3.63) is 83.7 Å². The SMILES string of the molecule is C[C@@H]1C[C@H]2[C@@H]3CCC4=CC(=O)CC[C@]4(C)[C@H]3[C@@H](O)C[C@]2(C)[C@@]1(O)C(=O)COC(=O)OCc1ccc([C@@H](CN)C(=O)Nc2ccc3cnccc3c2)cc1. The van der Waals surface area contributed by atoms with Gasteiger partial charge >= 0.3 is 6.16 Å². The molecule has 11 nitrogen and oxygen atoms in total. The van der Waals surface area contributed by atoms with Crippen LogP contribution in [0.15, 0.2) is 72.6 Å². The van der Waals surface area contributed by atoms with Crippen molar-refractivity contribution in [1.29, 1.82) is 0 Å². The summed E-state index contributed by atoms with van der Waals surface area (Å²) >= 11 is 0. The number of benzene rings is 2.